The largest absolute Gasteiger partial charge is 0.505 e. The highest BCUT2D eigenvalue weighted by Crippen LogP contribution is 2.35. The van der Waals surface area contributed by atoms with E-state index in [2.05, 4.69) is 9.97 Å². The van der Waals surface area contributed by atoms with Gasteiger partial charge in [-0.3, -0.25) is 14.3 Å². The molecule has 25 heavy (non-hydrogen) atoms. The van der Waals surface area contributed by atoms with Gasteiger partial charge >= 0.3 is 0 Å². The van der Waals surface area contributed by atoms with Crippen molar-refractivity contribution in [1.82, 2.24) is 14.5 Å². The van der Waals surface area contributed by atoms with Gasteiger partial charge in [0.05, 0.1) is 26.6 Å². The lowest BCUT2D eigenvalue weighted by Crippen LogP contribution is -2.19. The first-order valence-electron chi connectivity index (χ1n) is 7.14. The minimum Gasteiger partial charge on any atom is -0.505 e. The number of aromatic hydroxyl groups is 2. The lowest BCUT2D eigenvalue weighted by molar-refractivity contribution is 0.477. The highest BCUT2D eigenvalue weighted by Gasteiger charge is 2.17. The smallest absolute Gasteiger partial charge is 0.267 e. The molecule has 2 N–H and O–H groups in total. The summed E-state index contributed by atoms with van der Waals surface area (Å²) in [4.78, 5) is 21.1. The Balaban J connectivity index is 2.08. The minimum atomic E-state index is -0.541. The molecule has 0 aliphatic rings. The van der Waals surface area contributed by atoms with Crippen LogP contribution in [0.5, 0.6) is 11.5 Å². The van der Waals surface area contributed by atoms with Gasteiger partial charge in [-0.1, -0.05) is 23.2 Å². The Kier molecular flexibility index (Phi) is 3.52. The fourth-order valence-corrected chi connectivity index (χ4v) is 3.24. The summed E-state index contributed by atoms with van der Waals surface area (Å²) < 4.78 is 1.16. The van der Waals surface area contributed by atoms with Gasteiger partial charge in [0.1, 0.15) is 17.6 Å². The van der Waals surface area contributed by atoms with E-state index in [4.69, 9.17) is 23.2 Å². The number of aromatic nitrogens is 3. The van der Waals surface area contributed by atoms with Gasteiger partial charge in [-0.2, -0.15) is 0 Å². The molecule has 0 aliphatic heterocycles. The fourth-order valence-electron chi connectivity index (χ4n) is 2.71. The average Bonchev–Trinajstić information content (AvgIpc) is 2.60. The van der Waals surface area contributed by atoms with E-state index >= 15 is 0 Å². The van der Waals surface area contributed by atoms with Gasteiger partial charge in [-0.25, -0.2) is 4.98 Å². The lowest BCUT2D eigenvalue weighted by Gasteiger charge is -2.12. The topological polar surface area (TPSA) is 88.2 Å². The third kappa shape index (κ3) is 2.30. The van der Waals surface area contributed by atoms with E-state index < -0.39 is 5.56 Å². The third-order valence-corrected chi connectivity index (χ3v) is 4.50. The maximum atomic E-state index is 12.9. The number of rotatable bonds is 1. The van der Waals surface area contributed by atoms with Gasteiger partial charge in [0.15, 0.2) is 5.75 Å². The van der Waals surface area contributed by atoms with E-state index in [9.17, 15) is 15.0 Å². The maximum Gasteiger partial charge on any atom is 0.267 e. The molecule has 0 aliphatic carbocycles. The third-order valence-electron chi connectivity index (χ3n) is 3.91. The number of phenols is 2. The molecule has 4 aromatic rings. The quantitative estimate of drug-likeness (QED) is 0.531. The predicted molar refractivity (Wildman–Crippen MR) is 96.0 cm³/mol. The predicted octanol–water partition coefficient (Wildman–Crippen LogP) is 3.65. The zero-order valence-corrected chi connectivity index (χ0v) is 14.0. The molecule has 0 spiro atoms. The van der Waals surface area contributed by atoms with E-state index in [1.807, 2.05) is 0 Å². The van der Waals surface area contributed by atoms with Crippen molar-refractivity contribution < 1.29 is 10.2 Å². The summed E-state index contributed by atoms with van der Waals surface area (Å²) in [6.45, 7) is 0. The molecule has 0 amide bonds. The molecule has 8 heteroatoms. The molecule has 0 saturated carbocycles. The van der Waals surface area contributed by atoms with Crippen LogP contribution in [0.2, 0.25) is 10.0 Å². The second-order valence-corrected chi connectivity index (χ2v) is 6.15. The number of halogens is 2. The Hall–Kier alpha value is -2.83. The zero-order valence-electron chi connectivity index (χ0n) is 12.4. The van der Waals surface area contributed by atoms with Crippen molar-refractivity contribution in [2.75, 3.05) is 0 Å². The average molecular weight is 374 g/mol. The molecule has 0 atom stereocenters. The Morgan fingerprint density at radius 3 is 2.60 bits per heavy atom. The summed E-state index contributed by atoms with van der Waals surface area (Å²) in [5.74, 6) is -0.430. The molecule has 2 aromatic carbocycles. The van der Waals surface area contributed by atoms with Gasteiger partial charge in [0, 0.05) is 11.6 Å². The maximum absolute atomic E-state index is 12.9. The Morgan fingerprint density at radius 2 is 1.80 bits per heavy atom. The molecular formula is C17H9Cl2N3O3. The molecule has 0 unspecified atom stereocenters. The van der Waals surface area contributed by atoms with Gasteiger partial charge in [0.2, 0.25) is 0 Å². The Morgan fingerprint density at radius 1 is 1.00 bits per heavy atom. The van der Waals surface area contributed by atoms with E-state index in [1.54, 1.807) is 30.5 Å². The molecule has 0 radical (unpaired) electrons. The molecule has 6 nitrogen and oxygen atoms in total. The molecular weight excluding hydrogens is 365 g/mol. The number of pyridine rings is 1. The number of phenolic OH excluding ortho intramolecular Hbond substituents is 2. The second kappa shape index (κ2) is 5.61. The first-order chi connectivity index (χ1) is 12.0. The van der Waals surface area contributed by atoms with Crippen molar-refractivity contribution in [3.05, 3.63) is 63.3 Å². The van der Waals surface area contributed by atoms with Crippen LogP contribution in [0.1, 0.15) is 0 Å². The number of hydrogen-bond donors (Lipinski definition) is 2. The second-order valence-electron chi connectivity index (χ2n) is 5.34. The van der Waals surface area contributed by atoms with E-state index in [1.165, 1.54) is 12.4 Å². The summed E-state index contributed by atoms with van der Waals surface area (Å²) in [7, 11) is 0. The first-order valence-corrected chi connectivity index (χ1v) is 7.90. The molecule has 0 bridgehead atoms. The zero-order chi connectivity index (χ0) is 17.7. The van der Waals surface area contributed by atoms with Crippen molar-refractivity contribution >= 4 is 45.0 Å². The fraction of sp³-hybridized carbons (Fsp3) is 0. The van der Waals surface area contributed by atoms with Gasteiger partial charge < -0.3 is 10.2 Å². The van der Waals surface area contributed by atoms with Crippen LogP contribution in [0.3, 0.4) is 0 Å². The number of hydrogen-bond acceptors (Lipinski definition) is 5. The standard InChI is InChI=1S/C17H9Cl2N3O3/c18-9-6-10(19)16(24)14-13(9)17(25)22(7-21-14)12-4-3-11-8(15(12)23)2-1-5-20-11/h1-7,23-24H. The summed E-state index contributed by atoms with van der Waals surface area (Å²) in [5, 5.41) is 21.1. The number of benzene rings is 2. The van der Waals surface area contributed by atoms with Crippen LogP contribution in [0, 0.1) is 0 Å². The van der Waals surface area contributed by atoms with Crippen LogP contribution in [-0.2, 0) is 0 Å². The van der Waals surface area contributed by atoms with E-state index in [0.717, 1.165) is 4.57 Å². The highest BCUT2D eigenvalue weighted by molar-refractivity contribution is 6.39. The first kappa shape index (κ1) is 15.7. The molecule has 4 rings (SSSR count). The van der Waals surface area contributed by atoms with E-state index in [0.29, 0.717) is 10.9 Å². The molecule has 0 fully saturated rings. The van der Waals surface area contributed by atoms with Crippen LogP contribution in [0.15, 0.2) is 47.7 Å². The summed E-state index contributed by atoms with van der Waals surface area (Å²) in [5.41, 5.74) is 0.277. The van der Waals surface area contributed by atoms with Crippen LogP contribution < -0.4 is 5.56 Å². The molecule has 2 heterocycles. The minimum absolute atomic E-state index is 0.000644. The van der Waals surface area contributed by atoms with E-state index in [-0.39, 0.29) is 38.1 Å². The summed E-state index contributed by atoms with van der Waals surface area (Å²) in [6, 6.07) is 7.90. The van der Waals surface area contributed by atoms with Crippen LogP contribution >= 0.6 is 23.2 Å². The van der Waals surface area contributed by atoms with Gasteiger partial charge in [-0.15, -0.1) is 0 Å². The lowest BCUT2D eigenvalue weighted by atomic mass is 10.1. The molecule has 124 valence electrons. The molecule has 2 aromatic heterocycles. The van der Waals surface area contributed by atoms with Crippen molar-refractivity contribution in [2.24, 2.45) is 0 Å². The number of nitrogens with zero attached hydrogens (tertiary/aromatic N) is 3. The normalized spacial score (nSPS) is 11.3. The molecule has 0 saturated heterocycles. The SMILES string of the molecule is O=c1c2c(Cl)cc(Cl)c(O)c2ncn1-c1ccc2ncccc2c1O. The highest BCUT2D eigenvalue weighted by atomic mass is 35.5. The summed E-state index contributed by atoms with van der Waals surface area (Å²) in [6.07, 6.45) is 2.81. The van der Waals surface area contributed by atoms with Gasteiger partial charge in [0.25, 0.3) is 5.56 Å². The monoisotopic (exact) mass is 373 g/mol. The Labute approximate surface area is 150 Å². The van der Waals surface area contributed by atoms with Crippen molar-refractivity contribution in [3.63, 3.8) is 0 Å². The van der Waals surface area contributed by atoms with Crippen molar-refractivity contribution in [3.8, 4) is 17.2 Å². The van der Waals surface area contributed by atoms with Crippen molar-refractivity contribution in [2.45, 2.75) is 0 Å². The van der Waals surface area contributed by atoms with Crippen LogP contribution in [0.4, 0.5) is 0 Å². The van der Waals surface area contributed by atoms with Crippen LogP contribution in [0.25, 0.3) is 27.5 Å². The van der Waals surface area contributed by atoms with Crippen molar-refractivity contribution in [1.29, 1.82) is 0 Å². The van der Waals surface area contributed by atoms with Gasteiger partial charge in [-0.05, 0) is 30.3 Å². The van der Waals surface area contributed by atoms with Crippen LogP contribution in [-0.4, -0.2) is 24.7 Å². The Bertz CT molecular complexity index is 1220. The number of fused-ring (bicyclic) bond motifs is 2. The summed E-state index contributed by atoms with van der Waals surface area (Å²) >= 11 is 12.0.